The number of Topliss-reactive ketones (excluding diaryl/α,β-unsaturated/α-hetero) is 1. The Balaban J connectivity index is 2.33. The summed E-state index contributed by atoms with van der Waals surface area (Å²) >= 11 is 0. The SMILES string of the molecule is C=CC[C@@]12CC(=O)C[C@@H]1C(C)=C(C)C2. The highest BCUT2D eigenvalue weighted by atomic mass is 16.1. The Bertz CT molecular complexity index is 324. The summed E-state index contributed by atoms with van der Waals surface area (Å²) in [6, 6.07) is 0. The van der Waals surface area contributed by atoms with Crippen LogP contribution in [0, 0.1) is 11.3 Å². The fourth-order valence-electron chi connectivity index (χ4n) is 3.37. The molecule has 1 nitrogen and oxygen atoms in total. The monoisotopic (exact) mass is 190 g/mol. The van der Waals surface area contributed by atoms with Crippen LogP contribution in [0.5, 0.6) is 0 Å². The van der Waals surface area contributed by atoms with Crippen molar-refractivity contribution in [1.82, 2.24) is 0 Å². The van der Waals surface area contributed by atoms with E-state index >= 15 is 0 Å². The minimum atomic E-state index is 0.229. The van der Waals surface area contributed by atoms with Gasteiger partial charge in [0.1, 0.15) is 5.78 Å². The standard InChI is InChI=1S/C13H18O/c1-4-5-13-7-9(2)10(3)12(13)6-11(14)8-13/h4,12H,1,5-8H2,2-3H3/t12-,13-/m1/s1. The number of allylic oxidation sites excluding steroid dienone is 3. The van der Waals surface area contributed by atoms with E-state index < -0.39 is 0 Å². The number of fused-ring (bicyclic) bond motifs is 1. The van der Waals surface area contributed by atoms with E-state index in [0.717, 1.165) is 25.7 Å². The van der Waals surface area contributed by atoms with Crippen molar-refractivity contribution in [3.63, 3.8) is 0 Å². The molecule has 2 aliphatic carbocycles. The predicted octanol–water partition coefficient (Wildman–Crippen LogP) is 3.27. The van der Waals surface area contributed by atoms with Crippen molar-refractivity contribution in [1.29, 1.82) is 0 Å². The fraction of sp³-hybridized carbons (Fsp3) is 0.615. The van der Waals surface area contributed by atoms with Crippen molar-refractivity contribution < 1.29 is 4.79 Å². The number of hydrogen-bond donors (Lipinski definition) is 0. The molecule has 0 unspecified atom stereocenters. The fourth-order valence-corrected chi connectivity index (χ4v) is 3.37. The van der Waals surface area contributed by atoms with Gasteiger partial charge < -0.3 is 0 Å². The van der Waals surface area contributed by atoms with Crippen molar-refractivity contribution in [2.24, 2.45) is 11.3 Å². The Labute approximate surface area is 85.9 Å². The zero-order valence-electron chi connectivity index (χ0n) is 9.10. The van der Waals surface area contributed by atoms with Gasteiger partial charge in [-0.1, -0.05) is 17.2 Å². The zero-order valence-corrected chi connectivity index (χ0v) is 9.10. The second-order valence-corrected chi connectivity index (χ2v) is 4.97. The molecule has 1 heteroatoms. The molecule has 0 aliphatic heterocycles. The molecule has 14 heavy (non-hydrogen) atoms. The molecule has 0 aromatic rings. The Hall–Kier alpha value is -0.850. The minimum Gasteiger partial charge on any atom is -0.300 e. The first-order chi connectivity index (χ1) is 6.59. The van der Waals surface area contributed by atoms with Crippen LogP contribution in [0.4, 0.5) is 0 Å². The van der Waals surface area contributed by atoms with E-state index in [-0.39, 0.29) is 5.41 Å². The second-order valence-electron chi connectivity index (χ2n) is 4.97. The van der Waals surface area contributed by atoms with Gasteiger partial charge >= 0.3 is 0 Å². The van der Waals surface area contributed by atoms with Gasteiger partial charge in [-0.25, -0.2) is 0 Å². The van der Waals surface area contributed by atoms with Gasteiger partial charge in [-0.05, 0) is 38.0 Å². The molecule has 2 rings (SSSR count). The lowest BCUT2D eigenvalue weighted by Gasteiger charge is -2.28. The highest BCUT2D eigenvalue weighted by Gasteiger charge is 2.50. The molecule has 0 aromatic heterocycles. The largest absolute Gasteiger partial charge is 0.300 e. The van der Waals surface area contributed by atoms with Gasteiger partial charge in [-0.15, -0.1) is 6.58 Å². The molecular formula is C13H18O. The molecule has 1 saturated carbocycles. The maximum Gasteiger partial charge on any atom is 0.134 e. The third-order valence-electron chi connectivity index (χ3n) is 4.08. The molecule has 0 aromatic carbocycles. The van der Waals surface area contributed by atoms with Crippen LogP contribution in [0.3, 0.4) is 0 Å². The summed E-state index contributed by atoms with van der Waals surface area (Å²) in [7, 11) is 0. The van der Waals surface area contributed by atoms with E-state index in [2.05, 4.69) is 20.4 Å². The Kier molecular flexibility index (Phi) is 2.13. The molecule has 0 N–H and O–H groups in total. The van der Waals surface area contributed by atoms with E-state index in [1.807, 2.05) is 6.08 Å². The first kappa shape index (κ1) is 9.70. The number of rotatable bonds is 2. The zero-order chi connectivity index (χ0) is 10.3. The van der Waals surface area contributed by atoms with Crippen molar-refractivity contribution in [2.75, 3.05) is 0 Å². The van der Waals surface area contributed by atoms with E-state index in [4.69, 9.17) is 0 Å². The number of carbonyl (C=O) groups excluding carboxylic acids is 1. The van der Waals surface area contributed by atoms with Gasteiger partial charge in [0.2, 0.25) is 0 Å². The minimum absolute atomic E-state index is 0.229. The Morgan fingerprint density at radius 2 is 2.21 bits per heavy atom. The summed E-state index contributed by atoms with van der Waals surface area (Å²) in [5, 5.41) is 0. The van der Waals surface area contributed by atoms with Crippen LogP contribution in [0.2, 0.25) is 0 Å². The molecule has 0 spiro atoms. The topological polar surface area (TPSA) is 17.1 Å². The number of carbonyl (C=O) groups is 1. The van der Waals surface area contributed by atoms with E-state index in [1.54, 1.807) is 0 Å². The molecule has 2 atom stereocenters. The second kappa shape index (κ2) is 3.08. The normalized spacial score (nSPS) is 36.4. The number of hydrogen-bond acceptors (Lipinski definition) is 1. The molecular weight excluding hydrogens is 172 g/mol. The lowest BCUT2D eigenvalue weighted by molar-refractivity contribution is -0.118. The Morgan fingerprint density at radius 1 is 1.50 bits per heavy atom. The van der Waals surface area contributed by atoms with Crippen LogP contribution >= 0.6 is 0 Å². The van der Waals surface area contributed by atoms with Gasteiger partial charge in [0, 0.05) is 12.8 Å². The maximum absolute atomic E-state index is 11.5. The Morgan fingerprint density at radius 3 is 2.86 bits per heavy atom. The van der Waals surface area contributed by atoms with Crippen LogP contribution < -0.4 is 0 Å². The molecule has 2 aliphatic rings. The van der Waals surface area contributed by atoms with Crippen LogP contribution in [-0.4, -0.2) is 5.78 Å². The quantitative estimate of drug-likeness (QED) is 0.611. The van der Waals surface area contributed by atoms with E-state index in [0.29, 0.717) is 11.7 Å². The highest BCUT2D eigenvalue weighted by Crippen LogP contribution is 2.57. The number of ketones is 1. The maximum atomic E-state index is 11.5. The summed E-state index contributed by atoms with van der Waals surface area (Å²) in [6.07, 6.45) is 5.65. The van der Waals surface area contributed by atoms with Gasteiger partial charge in [0.25, 0.3) is 0 Å². The van der Waals surface area contributed by atoms with Crippen molar-refractivity contribution in [3.8, 4) is 0 Å². The van der Waals surface area contributed by atoms with E-state index in [1.165, 1.54) is 11.1 Å². The molecule has 0 amide bonds. The first-order valence-electron chi connectivity index (χ1n) is 5.38. The average Bonchev–Trinajstić information content (AvgIpc) is 2.50. The van der Waals surface area contributed by atoms with Crippen LogP contribution in [0.15, 0.2) is 23.8 Å². The van der Waals surface area contributed by atoms with Gasteiger partial charge in [0.05, 0.1) is 0 Å². The lowest BCUT2D eigenvalue weighted by atomic mass is 9.75. The van der Waals surface area contributed by atoms with Gasteiger partial charge in [0.15, 0.2) is 0 Å². The van der Waals surface area contributed by atoms with Crippen molar-refractivity contribution in [2.45, 2.75) is 39.5 Å². The smallest absolute Gasteiger partial charge is 0.134 e. The molecule has 76 valence electrons. The third-order valence-corrected chi connectivity index (χ3v) is 4.08. The lowest BCUT2D eigenvalue weighted by Crippen LogP contribution is -2.20. The predicted molar refractivity (Wildman–Crippen MR) is 58.0 cm³/mol. The summed E-state index contributed by atoms with van der Waals surface area (Å²) in [5.41, 5.74) is 3.20. The molecule has 1 fully saturated rings. The molecule has 0 heterocycles. The average molecular weight is 190 g/mol. The van der Waals surface area contributed by atoms with Crippen LogP contribution in [0.25, 0.3) is 0 Å². The van der Waals surface area contributed by atoms with Crippen LogP contribution in [-0.2, 0) is 4.79 Å². The van der Waals surface area contributed by atoms with Crippen LogP contribution in [0.1, 0.15) is 39.5 Å². The van der Waals surface area contributed by atoms with Gasteiger partial charge in [-0.3, -0.25) is 4.79 Å². The molecule has 0 saturated heterocycles. The summed E-state index contributed by atoms with van der Waals surface area (Å²) in [6.45, 7) is 8.23. The highest BCUT2D eigenvalue weighted by molar-refractivity contribution is 5.83. The third kappa shape index (κ3) is 1.18. The summed E-state index contributed by atoms with van der Waals surface area (Å²) < 4.78 is 0. The van der Waals surface area contributed by atoms with Crippen molar-refractivity contribution in [3.05, 3.63) is 23.8 Å². The van der Waals surface area contributed by atoms with Gasteiger partial charge in [-0.2, -0.15) is 0 Å². The molecule has 0 bridgehead atoms. The first-order valence-corrected chi connectivity index (χ1v) is 5.38. The summed E-state index contributed by atoms with van der Waals surface area (Å²) in [5.74, 6) is 0.969. The molecule has 0 radical (unpaired) electrons. The van der Waals surface area contributed by atoms with E-state index in [9.17, 15) is 4.79 Å². The summed E-state index contributed by atoms with van der Waals surface area (Å²) in [4.78, 5) is 11.5. The van der Waals surface area contributed by atoms with Crippen molar-refractivity contribution >= 4 is 5.78 Å².